The van der Waals surface area contributed by atoms with Gasteiger partial charge in [0.2, 0.25) is 23.6 Å². The molecule has 296 valence electrons. The average molecular weight is 779 g/mol. The maximum absolute atomic E-state index is 13.2. The SMILES string of the molecule is CC(C)[C@H](N)C(=O)NCC(=O)Nc1ccc2c(c1)C(=O)c1ccc(NC(=O)CNC(=O)[C@@H](N)C(C)C)cc1C2=O.O=C(O)C(F)(F)F.O=C(O)C(F)(F)F. The van der Waals surface area contributed by atoms with E-state index in [2.05, 4.69) is 21.3 Å². The van der Waals surface area contributed by atoms with Crippen LogP contribution in [0, 0.1) is 11.8 Å². The highest BCUT2D eigenvalue weighted by molar-refractivity contribution is 6.29. The van der Waals surface area contributed by atoms with Gasteiger partial charge < -0.3 is 42.9 Å². The minimum absolute atomic E-state index is 0.0934. The van der Waals surface area contributed by atoms with Crippen molar-refractivity contribution in [2.24, 2.45) is 23.3 Å². The maximum Gasteiger partial charge on any atom is 0.490 e. The van der Waals surface area contributed by atoms with E-state index in [1.165, 1.54) is 36.4 Å². The third-order valence-electron chi connectivity index (χ3n) is 6.96. The largest absolute Gasteiger partial charge is 0.490 e. The number of anilines is 2. The third-order valence-corrected chi connectivity index (χ3v) is 6.96. The van der Waals surface area contributed by atoms with E-state index in [0.29, 0.717) is 0 Å². The van der Waals surface area contributed by atoms with E-state index in [9.17, 15) is 55.1 Å². The van der Waals surface area contributed by atoms with E-state index >= 15 is 0 Å². The first-order valence-electron chi connectivity index (χ1n) is 15.3. The second kappa shape index (κ2) is 19.3. The van der Waals surface area contributed by atoms with Crippen molar-refractivity contribution in [3.63, 3.8) is 0 Å². The molecule has 2 aromatic carbocycles. The van der Waals surface area contributed by atoms with E-state index < -0.39 is 71.6 Å². The third kappa shape index (κ3) is 13.9. The van der Waals surface area contributed by atoms with E-state index in [1.807, 2.05) is 0 Å². The van der Waals surface area contributed by atoms with E-state index in [1.54, 1.807) is 27.7 Å². The Morgan fingerprint density at radius 2 is 0.870 bits per heavy atom. The topological polar surface area (TPSA) is 277 Å². The molecule has 1 aliphatic rings. The summed E-state index contributed by atoms with van der Waals surface area (Å²) in [5, 5.41) is 24.4. The summed E-state index contributed by atoms with van der Waals surface area (Å²) >= 11 is 0. The van der Waals surface area contributed by atoms with E-state index in [-0.39, 0.29) is 58.6 Å². The van der Waals surface area contributed by atoms with Crippen LogP contribution in [0.5, 0.6) is 0 Å². The lowest BCUT2D eigenvalue weighted by atomic mass is 9.83. The fraction of sp³-hybridized carbons (Fsp3) is 0.375. The molecule has 0 spiro atoms. The zero-order valence-corrected chi connectivity index (χ0v) is 28.8. The van der Waals surface area contributed by atoms with Crippen LogP contribution in [0.3, 0.4) is 0 Å². The van der Waals surface area contributed by atoms with Crippen molar-refractivity contribution in [3.05, 3.63) is 58.7 Å². The van der Waals surface area contributed by atoms with Gasteiger partial charge >= 0.3 is 24.3 Å². The van der Waals surface area contributed by atoms with Gasteiger partial charge in [0.05, 0.1) is 25.2 Å². The number of halogens is 6. The van der Waals surface area contributed by atoms with Crippen molar-refractivity contribution in [1.82, 2.24) is 10.6 Å². The molecule has 0 unspecified atom stereocenters. The number of benzene rings is 2. The van der Waals surface area contributed by atoms with Crippen LogP contribution in [-0.2, 0) is 28.8 Å². The van der Waals surface area contributed by atoms with Gasteiger partial charge in [0.15, 0.2) is 11.6 Å². The van der Waals surface area contributed by atoms with Gasteiger partial charge in [-0.05, 0) is 48.2 Å². The van der Waals surface area contributed by atoms with Crippen molar-refractivity contribution < 1.29 is 74.9 Å². The van der Waals surface area contributed by atoms with Gasteiger partial charge in [-0.2, -0.15) is 26.3 Å². The molecule has 16 nitrogen and oxygen atoms in total. The van der Waals surface area contributed by atoms with Gasteiger partial charge in [-0.25, -0.2) is 9.59 Å². The van der Waals surface area contributed by atoms with E-state index in [0.717, 1.165) is 0 Å². The Bertz CT molecular complexity index is 1650. The zero-order valence-electron chi connectivity index (χ0n) is 28.8. The fourth-order valence-corrected chi connectivity index (χ4v) is 3.89. The van der Waals surface area contributed by atoms with Gasteiger partial charge in [0.25, 0.3) is 0 Å². The number of carbonyl (C=O) groups is 8. The lowest BCUT2D eigenvalue weighted by Gasteiger charge is -2.20. The Kier molecular flexibility index (Phi) is 16.4. The summed E-state index contributed by atoms with van der Waals surface area (Å²) in [6, 6.07) is 7.12. The van der Waals surface area contributed by atoms with Gasteiger partial charge in [-0.1, -0.05) is 27.7 Å². The first-order valence-corrected chi connectivity index (χ1v) is 15.3. The highest BCUT2D eigenvalue weighted by Gasteiger charge is 2.39. The summed E-state index contributed by atoms with van der Waals surface area (Å²) < 4.78 is 63.5. The average Bonchev–Trinajstić information content (AvgIpc) is 3.07. The number of carboxylic acids is 2. The maximum atomic E-state index is 13.2. The smallest absolute Gasteiger partial charge is 0.475 e. The van der Waals surface area contributed by atoms with Crippen molar-refractivity contribution in [2.75, 3.05) is 23.7 Å². The number of rotatable bonds is 10. The number of alkyl halides is 6. The Morgan fingerprint density at radius 3 is 1.11 bits per heavy atom. The van der Waals surface area contributed by atoms with Gasteiger partial charge in [-0.3, -0.25) is 28.8 Å². The second-order valence-electron chi connectivity index (χ2n) is 11.9. The minimum atomic E-state index is -5.08. The van der Waals surface area contributed by atoms with Crippen LogP contribution in [0.1, 0.15) is 59.5 Å². The molecule has 0 heterocycles. The zero-order chi connectivity index (χ0) is 41.9. The van der Waals surface area contributed by atoms with Crippen LogP contribution in [0.15, 0.2) is 36.4 Å². The standard InChI is InChI=1S/C28H34N6O6.2C2HF3O2/c1-13(2)23(29)27(39)31-11-21(35)33-15-5-7-17-19(9-15)25(37)18-8-6-16(10-20(18)26(17)38)34-22(36)12-32-28(40)24(30)14(3)4;2*3-2(4,5)1(6)7/h5-10,13-14,23-24H,11-12,29-30H2,1-4H3,(H,31,39)(H,32,40)(H,33,35)(H,34,36);2*(H,6,7)/t23-,24-;;/m0../s1. The number of nitrogens with two attached hydrogens (primary N) is 2. The quantitative estimate of drug-likeness (QED) is 0.137. The Hall–Kier alpha value is -5.90. The molecule has 0 aromatic heterocycles. The molecule has 0 saturated carbocycles. The van der Waals surface area contributed by atoms with Crippen LogP contribution in [0.2, 0.25) is 0 Å². The number of carboxylic acid groups (broad SMARTS) is 2. The number of carbonyl (C=O) groups excluding carboxylic acids is 6. The molecule has 3 rings (SSSR count). The molecule has 4 amide bonds. The lowest BCUT2D eigenvalue weighted by Crippen LogP contribution is -2.46. The van der Waals surface area contributed by atoms with Crippen LogP contribution in [0.25, 0.3) is 0 Å². The molecule has 10 N–H and O–H groups in total. The first-order chi connectivity index (χ1) is 24.7. The predicted molar refractivity (Wildman–Crippen MR) is 176 cm³/mol. The number of hydrogen-bond donors (Lipinski definition) is 8. The monoisotopic (exact) mass is 778 g/mol. The normalized spacial score (nSPS) is 13.1. The summed E-state index contributed by atoms with van der Waals surface area (Å²) in [5.41, 5.74) is 12.6. The summed E-state index contributed by atoms with van der Waals surface area (Å²) in [5.74, 6) is -8.51. The number of ketones is 2. The second-order valence-corrected chi connectivity index (χ2v) is 11.9. The Balaban J connectivity index is 0.000000879. The lowest BCUT2D eigenvalue weighted by molar-refractivity contribution is -0.193. The molecular formula is C32H36F6N6O10. The number of amides is 4. The van der Waals surface area contributed by atoms with Crippen LogP contribution >= 0.6 is 0 Å². The molecular weight excluding hydrogens is 742 g/mol. The number of aliphatic carboxylic acids is 2. The molecule has 0 aliphatic heterocycles. The van der Waals surface area contributed by atoms with Crippen molar-refractivity contribution in [2.45, 2.75) is 52.1 Å². The van der Waals surface area contributed by atoms with Gasteiger partial charge in [-0.15, -0.1) is 0 Å². The van der Waals surface area contributed by atoms with Gasteiger partial charge in [0.1, 0.15) is 0 Å². The van der Waals surface area contributed by atoms with Crippen LogP contribution < -0.4 is 32.7 Å². The van der Waals surface area contributed by atoms with Crippen molar-refractivity contribution in [1.29, 1.82) is 0 Å². The summed E-state index contributed by atoms with van der Waals surface area (Å²) in [4.78, 5) is 92.8. The molecule has 0 saturated heterocycles. The molecule has 54 heavy (non-hydrogen) atoms. The highest BCUT2D eigenvalue weighted by atomic mass is 19.4. The van der Waals surface area contributed by atoms with Crippen molar-refractivity contribution >= 4 is 58.5 Å². The number of hydrogen-bond acceptors (Lipinski definition) is 10. The Morgan fingerprint density at radius 1 is 0.593 bits per heavy atom. The highest BCUT2D eigenvalue weighted by Crippen LogP contribution is 2.31. The molecule has 0 radical (unpaired) electrons. The van der Waals surface area contributed by atoms with Crippen molar-refractivity contribution in [3.8, 4) is 0 Å². The number of fused-ring (bicyclic) bond motifs is 2. The van der Waals surface area contributed by atoms with E-state index in [4.69, 9.17) is 31.3 Å². The first kappa shape index (κ1) is 46.1. The fourth-order valence-electron chi connectivity index (χ4n) is 3.89. The molecule has 2 atom stereocenters. The Labute approximate surface area is 302 Å². The molecule has 22 heteroatoms. The molecule has 1 aliphatic carbocycles. The molecule has 0 bridgehead atoms. The van der Waals surface area contributed by atoms with Crippen LogP contribution in [0.4, 0.5) is 37.7 Å². The summed E-state index contributed by atoms with van der Waals surface area (Å²) in [6.45, 7) is 6.54. The number of nitrogens with one attached hydrogen (secondary N) is 4. The summed E-state index contributed by atoms with van der Waals surface area (Å²) in [7, 11) is 0. The minimum Gasteiger partial charge on any atom is -0.475 e. The molecule has 0 fully saturated rings. The summed E-state index contributed by atoms with van der Waals surface area (Å²) in [6.07, 6.45) is -10.2. The van der Waals surface area contributed by atoms with Crippen LogP contribution in [-0.4, -0.2) is 94.9 Å². The molecule has 2 aromatic rings. The van der Waals surface area contributed by atoms with Gasteiger partial charge in [0, 0.05) is 33.6 Å². The predicted octanol–water partition coefficient (Wildman–Crippen LogP) is 1.80.